The van der Waals surface area contributed by atoms with Gasteiger partial charge in [0, 0.05) is 5.69 Å². The van der Waals surface area contributed by atoms with Crippen LogP contribution >= 0.6 is 0 Å². The van der Waals surface area contributed by atoms with Crippen LogP contribution in [0.3, 0.4) is 0 Å². The van der Waals surface area contributed by atoms with E-state index in [0.29, 0.717) is 5.69 Å². The normalized spacial score (nSPS) is 11.3. The molecule has 0 spiro atoms. The van der Waals surface area contributed by atoms with Gasteiger partial charge in [0.2, 0.25) is 0 Å². The molecular formula is C12H15N3O3. The number of amides is 3. The molecule has 0 bridgehead atoms. The smallest absolute Gasteiger partial charge is 0.441 e. The van der Waals surface area contributed by atoms with E-state index in [1.54, 1.807) is 45.0 Å². The number of benzene rings is 1. The molecule has 1 aromatic rings. The molecule has 18 heavy (non-hydrogen) atoms. The Labute approximate surface area is 105 Å². The minimum atomic E-state index is -0.897. The number of ether oxygens (including phenoxy) is 1. The van der Waals surface area contributed by atoms with Crippen LogP contribution in [0.4, 0.5) is 15.3 Å². The zero-order valence-corrected chi connectivity index (χ0v) is 10.5. The predicted octanol–water partition coefficient (Wildman–Crippen LogP) is 3.61. The fourth-order valence-electron chi connectivity index (χ4n) is 1.04. The second-order valence-electron chi connectivity index (χ2n) is 4.48. The summed E-state index contributed by atoms with van der Waals surface area (Å²) >= 11 is 0. The van der Waals surface area contributed by atoms with Crippen LogP contribution in [-0.4, -0.2) is 17.7 Å². The Morgan fingerprint density at radius 3 is 2.28 bits per heavy atom. The largest absolute Gasteiger partial charge is 0.453 e. The second kappa shape index (κ2) is 5.90. The molecule has 0 heterocycles. The van der Waals surface area contributed by atoms with E-state index >= 15 is 0 Å². The highest BCUT2D eigenvalue weighted by Crippen LogP contribution is 2.09. The third-order valence-electron chi connectivity index (χ3n) is 1.64. The number of carbonyl (C=O) groups excluding carboxylic acids is 2. The molecule has 0 aliphatic heterocycles. The molecule has 3 amide bonds. The number of azo groups is 1. The summed E-state index contributed by atoms with van der Waals surface area (Å²) in [7, 11) is 0. The summed E-state index contributed by atoms with van der Waals surface area (Å²) in [6.07, 6.45) is -0.897. The van der Waals surface area contributed by atoms with Crippen molar-refractivity contribution in [3.63, 3.8) is 0 Å². The van der Waals surface area contributed by atoms with Crippen LogP contribution in [-0.2, 0) is 4.74 Å². The van der Waals surface area contributed by atoms with Crippen molar-refractivity contribution in [2.75, 3.05) is 5.32 Å². The first-order chi connectivity index (χ1) is 8.37. The fourth-order valence-corrected chi connectivity index (χ4v) is 1.04. The molecule has 0 aromatic heterocycles. The quantitative estimate of drug-likeness (QED) is 0.772. The van der Waals surface area contributed by atoms with Gasteiger partial charge in [0.15, 0.2) is 0 Å². The number of hydrogen-bond acceptors (Lipinski definition) is 3. The highest BCUT2D eigenvalue weighted by atomic mass is 16.6. The zero-order chi connectivity index (χ0) is 13.6. The lowest BCUT2D eigenvalue weighted by Crippen LogP contribution is -2.21. The van der Waals surface area contributed by atoms with E-state index in [1.807, 2.05) is 6.07 Å². The molecule has 0 radical (unpaired) electrons. The van der Waals surface area contributed by atoms with Crippen molar-refractivity contribution in [1.82, 2.24) is 0 Å². The van der Waals surface area contributed by atoms with Crippen LogP contribution in [0.2, 0.25) is 0 Å². The Morgan fingerprint density at radius 2 is 1.72 bits per heavy atom. The van der Waals surface area contributed by atoms with Gasteiger partial charge in [-0.15, -0.1) is 0 Å². The van der Waals surface area contributed by atoms with Crippen molar-refractivity contribution in [1.29, 1.82) is 0 Å². The van der Waals surface area contributed by atoms with Gasteiger partial charge >= 0.3 is 12.1 Å². The molecule has 96 valence electrons. The Morgan fingerprint density at radius 1 is 1.11 bits per heavy atom. The number of rotatable bonds is 1. The van der Waals surface area contributed by atoms with Gasteiger partial charge in [0.25, 0.3) is 0 Å². The fraction of sp³-hybridized carbons (Fsp3) is 0.333. The molecule has 0 unspecified atom stereocenters. The van der Waals surface area contributed by atoms with E-state index in [9.17, 15) is 9.59 Å². The Hall–Kier alpha value is -2.24. The third-order valence-corrected chi connectivity index (χ3v) is 1.64. The first kappa shape index (κ1) is 13.8. The molecule has 0 aliphatic carbocycles. The predicted molar refractivity (Wildman–Crippen MR) is 66.6 cm³/mol. The summed E-state index contributed by atoms with van der Waals surface area (Å²) in [5.74, 6) is 0. The standard InChI is InChI=1S/C12H15N3O3/c1-12(2,3)18-11(17)15-14-10(16)13-9-7-5-4-6-8-9/h4-8H,1-3H3,(H,13,16)/b15-14+. The summed E-state index contributed by atoms with van der Waals surface area (Å²) in [4.78, 5) is 22.5. The van der Waals surface area contributed by atoms with Gasteiger partial charge in [-0.1, -0.05) is 28.4 Å². The lowest BCUT2D eigenvalue weighted by molar-refractivity contribution is 0.0591. The Balaban J connectivity index is 2.48. The molecule has 1 rings (SSSR count). The number of para-hydroxylation sites is 1. The molecule has 0 aliphatic rings. The van der Waals surface area contributed by atoms with Crippen molar-refractivity contribution >= 4 is 17.8 Å². The maximum absolute atomic E-state index is 11.3. The van der Waals surface area contributed by atoms with Gasteiger partial charge in [0.1, 0.15) is 5.60 Å². The number of anilines is 1. The maximum atomic E-state index is 11.3. The molecule has 0 saturated carbocycles. The van der Waals surface area contributed by atoms with Gasteiger partial charge in [0.05, 0.1) is 0 Å². The number of hydrogen-bond donors (Lipinski definition) is 1. The van der Waals surface area contributed by atoms with E-state index in [0.717, 1.165) is 0 Å². The number of nitrogens with one attached hydrogen (secondary N) is 1. The number of urea groups is 1. The first-order valence-electron chi connectivity index (χ1n) is 5.37. The Bertz CT molecular complexity index is 449. The summed E-state index contributed by atoms with van der Waals surface area (Å²) in [6, 6.07) is 8.01. The Kier molecular flexibility index (Phi) is 4.53. The average molecular weight is 249 g/mol. The second-order valence-corrected chi connectivity index (χ2v) is 4.48. The molecule has 6 nitrogen and oxygen atoms in total. The summed E-state index contributed by atoms with van der Waals surface area (Å²) < 4.78 is 4.86. The molecule has 6 heteroatoms. The minimum Gasteiger partial charge on any atom is -0.441 e. The summed E-state index contributed by atoms with van der Waals surface area (Å²) in [6.45, 7) is 5.10. The molecule has 0 saturated heterocycles. The molecule has 0 atom stereocenters. The highest BCUT2D eigenvalue weighted by molar-refractivity contribution is 5.90. The molecule has 0 fully saturated rings. The summed E-state index contributed by atoms with van der Waals surface area (Å²) in [5, 5.41) is 8.81. The number of nitrogens with zero attached hydrogens (tertiary/aromatic N) is 2. The monoisotopic (exact) mass is 249 g/mol. The minimum absolute atomic E-state index is 0.575. The van der Waals surface area contributed by atoms with E-state index in [-0.39, 0.29) is 0 Å². The van der Waals surface area contributed by atoms with Crippen molar-refractivity contribution in [2.45, 2.75) is 26.4 Å². The SMILES string of the molecule is CC(C)(C)OC(=O)/N=N/C(=O)Nc1ccccc1. The van der Waals surface area contributed by atoms with Crippen LogP contribution in [0.5, 0.6) is 0 Å². The third kappa shape index (κ3) is 5.74. The first-order valence-corrected chi connectivity index (χ1v) is 5.37. The molecular weight excluding hydrogens is 234 g/mol. The van der Waals surface area contributed by atoms with Crippen LogP contribution in [0, 0.1) is 0 Å². The van der Waals surface area contributed by atoms with Crippen molar-refractivity contribution in [3.8, 4) is 0 Å². The van der Waals surface area contributed by atoms with Gasteiger partial charge in [-0.05, 0) is 32.9 Å². The van der Waals surface area contributed by atoms with Gasteiger partial charge in [-0.25, -0.2) is 9.59 Å². The van der Waals surface area contributed by atoms with E-state index in [2.05, 4.69) is 15.5 Å². The lowest BCUT2D eigenvalue weighted by Gasteiger charge is -2.16. The van der Waals surface area contributed by atoms with Crippen molar-refractivity contribution in [2.24, 2.45) is 10.2 Å². The van der Waals surface area contributed by atoms with E-state index < -0.39 is 17.7 Å². The van der Waals surface area contributed by atoms with Crippen LogP contribution < -0.4 is 5.32 Å². The van der Waals surface area contributed by atoms with Crippen molar-refractivity contribution in [3.05, 3.63) is 30.3 Å². The van der Waals surface area contributed by atoms with E-state index in [4.69, 9.17) is 4.74 Å². The zero-order valence-electron chi connectivity index (χ0n) is 10.5. The lowest BCUT2D eigenvalue weighted by atomic mass is 10.2. The van der Waals surface area contributed by atoms with Crippen LogP contribution in [0.25, 0.3) is 0 Å². The average Bonchev–Trinajstić information content (AvgIpc) is 2.25. The van der Waals surface area contributed by atoms with E-state index in [1.165, 1.54) is 0 Å². The van der Waals surface area contributed by atoms with Gasteiger partial charge in [-0.3, -0.25) is 0 Å². The summed E-state index contributed by atoms with van der Waals surface area (Å²) in [5.41, 5.74) is -0.0860. The van der Waals surface area contributed by atoms with Gasteiger partial charge in [-0.2, -0.15) is 0 Å². The van der Waals surface area contributed by atoms with Crippen LogP contribution in [0.1, 0.15) is 20.8 Å². The highest BCUT2D eigenvalue weighted by Gasteiger charge is 2.15. The van der Waals surface area contributed by atoms with Crippen molar-refractivity contribution < 1.29 is 14.3 Å². The maximum Gasteiger partial charge on any atom is 0.453 e. The van der Waals surface area contributed by atoms with Gasteiger partial charge < -0.3 is 10.1 Å². The topological polar surface area (TPSA) is 80.1 Å². The molecule has 1 N–H and O–H groups in total. The number of carbonyl (C=O) groups is 2. The molecule has 1 aromatic carbocycles. The van der Waals surface area contributed by atoms with Crippen LogP contribution in [0.15, 0.2) is 40.6 Å².